The van der Waals surface area contributed by atoms with E-state index in [0.717, 1.165) is 18.4 Å². The third-order valence-corrected chi connectivity index (χ3v) is 6.05. The Morgan fingerprint density at radius 3 is 3.07 bits per heavy atom. The van der Waals surface area contributed by atoms with Gasteiger partial charge in [-0.05, 0) is 37.1 Å². The van der Waals surface area contributed by atoms with E-state index in [4.69, 9.17) is 0 Å². The van der Waals surface area contributed by atoms with Crippen LogP contribution in [0.15, 0.2) is 41.6 Å². The number of benzene rings is 1. The second-order valence-electron chi connectivity index (χ2n) is 7.59. The molecular weight excluding hydrogens is 342 g/mol. The molecule has 1 unspecified atom stereocenters. The van der Waals surface area contributed by atoms with Gasteiger partial charge in [0.15, 0.2) is 5.82 Å². The van der Waals surface area contributed by atoms with E-state index >= 15 is 0 Å². The summed E-state index contributed by atoms with van der Waals surface area (Å²) < 4.78 is 0. The quantitative estimate of drug-likeness (QED) is 0.648. The van der Waals surface area contributed by atoms with Gasteiger partial charge in [0.25, 0.3) is 5.56 Å². The van der Waals surface area contributed by atoms with Crippen molar-refractivity contribution >= 4 is 22.6 Å². The van der Waals surface area contributed by atoms with Crippen molar-refractivity contribution in [3.63, 3.8) is 0 Å². The molecule has 3 heterocycles. The van der Waals surface area contributed by atoms with Gasteiger partial charge in [-0.15, -0.1) is 0 Å². The number of anilines is 1. The third kappa shape index (κ3) is 2.57. The van der Waals surface area contributed by atoms with Crippen LogP contribution in [0, 0.1) is 5.92 Å². The Labute approximate surface area is 155 Å². The Morgan fingerprint density at radius 2 is 2.22 bits per heavy atom. The molecular formula is C20H21N5O2. The second kappa shape index (κ2) is 6.06. The van der Waals surface area contributed by atoms with Crippen LogP contribution in [-0.4, -0.2) is 45.4 Å². The number of amides is 1. The highest BCUT2D eigenvalue weighted by Crippen LogP contribution is 2.44. The standard InChI is InChI=1S/C20H21N5O2/c1-25-10-12(19(26)24-18-20(27)22-6-5-21-18)7-14-13-3-2-4-15-17(13)11(9-23-15)8-16(14)25/h2-6,9,12,14,16,23H,7-8,10H2,1H3,(H,22,27)(H,21,24,26)/t12-,14?,16-/m1/s1. The summed E-state index contributed by atoms with van der Waals surface area (Å²) in [6, 6.07) is 6.76. The zero-order valence-corrected chi connectivity index (χ0v) is 15.0. The molecule has 3 N–H and O–H groups in total. The van der Waals surface area contributed by atoms with Crippen molar-refractivity contribution in [2.24, 2.45) is 5.92 Å². The first-order valence-corrected chi connectivity index (χ1v) is 9.25. The lowest BCUT2D eigenvalue weighted by Crippen LogP contribution is -2.50. The van der Waals surface area contributed by atoms with Gasteiger partial charge in [0.2, 0.25) is 5.91 Å². The summed E-state index contributed by atoms with van der Waals surface area (Å²) >= 11 is 0. The molecule has 0 bridgehead atoms. The van der Waals surface area contributed by atoms with E-state index in [-0.39, 0.29) is 23.2 Å². The first-order valence-electron chi connectivity index (χ1n) is 9.25. The van der Waals surface area contributed by atoms with E-state index < -0.39 is 0 Å². The highest BCUT2D eigenvalue weighted by molar-refractivity contribution is 5.92. The molecule has 7 heteroatoms. The van der Waals surface area contributed by atoms with Gasteiger partial charge in [-0.25, -0.2) is 4.98 Å². The van der Waals surface area contributed by atoms with Gasteiger partial charge in [-0.2, -0.15) is 0 Å². The Hall–Kier alpha value is -2.93. The molecule has 27 heavy (non-hydrogen) atoms. The number of likely N-dealkylation sites (N-methyl/N-ethyl adjacent to an activating group) is 1. The SMILES string of the molecule is CN1C[C@H](C(=O)Nc2ncc[nH]c2=O)CC2c3cccc4[nH]cc(c34)C[C@H]21. The number of nitrogens with one attached hydrogen (secondary N) is 3. The molecule has 5 rings (SSSR count). The fraction of sp³-hybridized carbons (Fsp3) is 0.350. The summed E-state index contributed by atoms with van der Waals surface area (Å²) in [6.45, 7) is 0.674. The molecule has 1 amide bonds. The molecule has 1 fully saturated rings. The van der Waals surface area contributed by atoms with Crippen LogP contribution in [-0.2, 0) is 11.2 Å². The fourth-order valence-corrected chi connectivity index (χ4v) is 4.79. The molecule has 1 aromatic carbocycles. The van der Waals surface area contributed by atoms with Crippen LogP contribution in [0.1, 0.15) is 23.5 Å². The Kier molecular flexibility index (Phi) is 3.65. The van der Waals surface area contributed by atoms with Crippen molar-refractivity contribution < 1.29 is 4.79 Å². The number of likely N-dealkylation sites (tertiary alicyclic amines) is 1. The van der Waals surface area contributed by atoms with Crippen molar-refractivity contribution in [1.82, 2.24) is 19.9 Å². The number of carbonyl (C=O) groups excluding carboxylic acids is 1. The number of carbonyl (C=O) groups is 1. The van der Waals surface area contributed by atoms with Gasteiger partial charge in [0, 0.05) is 48.0 Å². The van der Waals surface area contributed by atoms with E-state index in [0.29, 0.717) is 18.5 Å². The van der Waals surface area contributed by atoms with Crippen molar-refractivity contribution in [3.8, 4) is 0 Å². The third-order valence-electron chi connectivity index (χ3n) is 6.05. The number of hydrogen-bond acceptors (Lipinski definition) is 4. The lowest BCUT2D eigenvalue weighted by atomic mass is 9.72. The van der Waals surface area contributed by atoms with E-state index in [1.165, 1.54) is 28.9 Å². The minimum Gasteiger partial charge on any atom is -0.361 e. The zero-order valence-electron chi connectivity index (χ0n) is 15.0. The van der Waals surface area contributed by atoms with Gasteiger partial charge in [-0.3, -0.25) is 9.59 Å². The predicted octanol–water partition coefficient (Wildman–Crippen LogP) is 1.85. The first-order chi connectivity index (χ1) is 13.1. The zero-order chi connectivity index (χ0) is 18.5. The molecule has 3 aromatic rings. The molecule has 1 saturated heterocycles. The highest BCUT2D eigenvalue weighted by Gasteiger charge is 2.41. The van der Waals surface area contributed by atoms with Crippen LogP contribution in [0.3, 0.4) is 0 Å². The lowest BCUT2D eigenvalue weighted by Gasteiger charge is -2.45. The molecule has 2 aromatic heterocycles. The minimum atomic E-state index is -0.382. The minimum absolute atomic E-state index is 0.0611. The van der Waals surface area contributed by atoms with Crippen LogP contribution in [0.4, 0.5) is 5.82 Å². The van der Waals surface area contributed by atoms with Crippen LogP contribution >= 0.6 is 0 Å². The molecule has 1 aliphatic carbocycles. The monoisotopic (exact) mass is 363 g/mol. The maximum Gasteiger partial charge on any atom is 0.291 e. The summed E-state index contributed by atoms with van der Waals surface area (Å²) in [5.74, 6) is 0.0319. The van der Waals surface area contributed by atoms with Gasteiger partial charge in [-0.1, -0.05) is 12.1 Å². The number of rotatable bonds is 2. The molecule has 2 aliphatic rings. The summed E-state index contributed by atoms with van der Waals surface area (Å²) in [7, 11) is 2.09. The Bertz CT molecular complexity index is 1090. The van der Waals surface area contributed by atoms with Crippen LogP contribution in [0.25, 0.3) is 10.9 Å². The Morgan fingerprint density at radius 1 is 1.33 bits per heavy atom. The number of piperidine rings is 1. The number of aromatic nitrogens is 3. The average molecular weight is 363 g/mol. The molecule has 7 nitrogen and oxygen atoms in total. The average Bonchev–Trinajstić information content (AvgIpc) is 3.09. The number of nitrogens with zero attached hydrogens (tertiary/aromatic N) is 2. The Balaban J connectivity index is 1.45. The number of fused-ring (bicyclic) bond motifs is 2. The normalized spacial score (nSPS) is 24.6. The summed E-state index contributed by atoms with van der Waals surface area (Å²) in [5.41, 5.74) is 3.46. The van der Waals surface area contributed by atoms with Crippen LogP contribution in [0.5, 0.6) is 0 Å². The van der Waals surface area contributed by atoms with E-state index in [2.05, 4.69) is 56.6 Å². The van der Waals surface area contributed by atoms with Crippen LogP contribution < -0.4 is 10.9 Å². The topological polar surface area (TPSA) is 93.9 Å². The maximum absolute atomic E-state index is 12.8. The van der Waals surface area contributed by atoms with Crippen molar-refractivity contribution in [3.05, 3.63) is 58.3 Å². The fourth-order valence-electron chi connectivity index (χ4n) is 4.79. The van der Waals surface area contributed by atoms with Crippen LogP contribution in [0.2, 0.25) is 0 Å². The van der Waals surface area contributed by atoms with Gasteiger partial charge >= 0.3 is 0 Å². The molecule has 3 atom stereocenters. The lowest BCUT2D eigenvalue weighted by molar-refractivity contribution is -0.122. The largest absolute Gasteiger partial charge is 0.361 e. The van der Waals surface area contributed by atoms with Gasteiger partial charge in [0.05, 0.1) is 5.92 Å². The van der Waals surface area contributed by atoms with Crippen molar-refractivity contribution in [1.29, 1.82) is 0 Å². The first kappa shape index (κ1) is 16.3. The number of H-pyrrole nitrogens is 2. The number of aromatic amines is 2. The van der Waals surface area contributed by atoms with E-state index in [1.54, 1.807) is 0 Å². The highest BCUT2D eigenvalue weighted by atomic mass is 16.2. The van der Waals surface area contributed by atoms with E-state index in [9.17, 15) is 9.59 Å². The molecule has 0 spiro atoms. The summed E-state index contributed by atoms with van der Waals surface area (Å²) in [4.78, 5) is 36.8. The molecule has 138 valence electrons. The molecule has 0 radical (unpaired) electrons. The maximum atomic E-state index is 12.8. The second-order valence-corrected chi connectivity index (χ2v) is 7.59. The van der Waals surface area contributed by atoms with Crippen molar-refractivity contribution in [2.75, 3.05) is 18.9 Å². The molecule has 1 aliphatic heterocycles. The number of hydrogen-bond donors (Lipinski definition) is 3. The van der Waals surface area contributed by atoms with Crippen molar-refractivity contribution in [2.45, 2.75) is 24.8 Å². The molecule has 0 saturated carbocycles. The van der Waals surface area contributed by atoms with E-state index in [1.807, 2.05) is 0 Å². The summed E-state index contributed by atoms with van der Waals surface area (Å²) in [5, 5.41) is 4.02. The smallest absolute Gasteiger partial charge is 0.291 e. The van der Waals surface area contributed by atoms with Gasteiger partial charge in [0.1, 0.15) is 0 Å². The summed E-state index contributed by atoms with van der Waals surface area (Å²) in [6.07, 6.45) is 6.80. The van der Waals surface area contributed by atoms with Gasteiger partial charge < -0.3 is 20.2 Å². The predicted molar refractivity (Wildman–Crippen MR) is 103 cm³/mol.